The molecule has 0 fully saturated rings. The average Bonchev–Trinajstić information content (AvgIpc) is 3.26. The van der Waals surface area contributed by atoms with E-state index in [1.54, 1.807) is 41.1 Å². The normalized spacial score (nSPS) is 11.1. The van der Waals surface area contributed by atoms with Crippen LogP contribution in [0.15, 0.2) is 47.5 Å². The number of hydrogen-bond acceptors (Lipinski definition) is 4. The molecule has 0 saturated heterocycles. The molecule has 27 heavy (non-hydrogen) atoms. The molecule has 4 rings (SSSR count). The van der Waals surface area contributed by atoms with Gasteiger partial charge in [0.05, 0.1) is 28.3 Å². The Hall–Kier alpha value is -2.41. The fourth-order valence-corrected chi connectivity index (χ4v) is 3.95. The minimum atomic E-state index is -0.316. The lowest BCUT2D eigenvalue weighted by atomic mass is 10.1. The van der Waals surface area contributed by atoms with Crippen molar-refractivity contribution in [1.29, 1.82) is 0 Å². The van der Waals surface area contributed by atoms with E-state index in [2.05, 4.69) is 15.3 Å². The van der Waals surface area contributed by atoms with Crippen LogP contribution in [0, 0.1) is 6.92 Å². The van der Waals surface area contributed by atoms with Crippen LogP contribution in [0.4, 0.5) is 5.69 Å². The van der Waals surface area contributed by atoms with Crippen molar-refractivity contribution in [2.45, 2.75) is 13.5 Å². The van der Waals surface area contributed by atoms with Crippen molar-refractivity contribution in [3.63, 3.8) is 0 Å². The largest absolute Gasteiger partial charge is 0.326 e. The average molecular weight is 417 g/mol. The van der Waals surface area contributed by atoms with Crippen LogP contribution < -0.4 is 5.32 Å². The fourth-order valence-electron chi connectivity index (χ4n) is 2.91. The van der Waals surface area contributed by atoms with Gasteiger partial charge >= 0.3 is 0 Å². The van der Waals surface area contributed by atoms with E-state index < -0.39 is 0 Å². The number of carbonyl (C=O) groups excluding carboxylic acids is 1. The van der Waals surface area contributed by atoms with Gasteiger partial charge in [0.2, 0.25) is 0 Å². The van der Waals surface area contributed by atoms with Gasteiger partial charge in [0.15, 0.2) is 0 Å². The van der Waals surface area contributed by atoms with Gasteiger partial charge < -0.3 is 9.88 Å². The van der Waals surface area contributed by atoms with Crippen LogP contribution >= 0.6 is 34.5 Å². The van der Waals surface area contributed by atoms with Crippen LogP contribution in [0.3, 0.4) is 0 Å². The lowest BCUT2D eigenvalue weighted by Crippen LogP contribution is -2.13. The zero-order valence-electron chi connectivity index (χ0n) is 14.2. The highest BCUT2D eigenvalue weighted by Crippen LogP contribution is 2.31. The third-order valence-electron chi connectivity index (χ3n) is 4.17. The van der Waals surface area contributed by atoms with Crippen molar-refractivity contribution in [3.05, 3.63) is 74.4 Å². The third kappa shape index (κ3) is 3.56. The number of nitrogens with one attached hydrogen (secondary N) is 1. The molecule has 0 saturated carbocycles. The molecule has 3 heterocycles. The van der Waals surface area contributed by atoms with Gasteiger partial charge in [-0.2, -0.15) is 0 Å². The summed E-state index contributed by atoms with van der Waals surface area (Å²) in [5, 5.41) is 6.58. The van der Waals surface area contributed by atoms with Gasteiger partial charge in [-0.15, -0.1) is 11.3 Å². The first-order chi connectivity index (χ1) is 13.0. The Morgan fingerprint density at radius 1 is 1.22 bits per heavy atom. The molecule has 0 aliphatic rings. The van der Waals surface area contributed by atoms with E-state index in [1.807, 2.05) is 23.1 Å². The zero-order chi connectivity index (χ0) is 19.0. The maximum Gasteiger partial charge on any atom is 0.258 e. The van der Waals surface area contributed by atoms with E-state index in [0.29, 0.717) is 27.8 Å². The van der Waals surface area contributed by atoms with Crippen LogP contribution in [0.2, 0.25) is 10.0 Å². The van der Waals surface area contributed by atoms with Gasteiger partial charge in [-0.1, -0.05) is 23.2 Å². The highest BCUT2D eigenvalue weighted by molar-refractivity contribution is 7.07. The molecular formula is C19H14Cl2N4OS. The lowest BCUT2D eigenvalue weighted by molar-refractivity contribution is 0.102. The van der Waals surface area contributed by atoms with Gasteiger partial charge in [-0.05, 0) is 36.8 Å². The second-order valence-corrected chi connectivity index (χ2v) is 7.60. The molecule has 8 heteroatoms. The monoisotopic (exact) mass is 416 g/mol. The summed E-state index contributed by atoms with van der Waals surface area (Å²) in [6.07, 6.45) is 3.48. The van der Waals surface area contributed by atoms with Crippen LogP contribution in [0.5, 0.6) is 0 Å². The fraction of sp³-hybridized carbons (Fsp3) is 0.105. The number of nitrogens with zero attached hydrogens (tertiary/aromatic N) is 3. The van der Waals surface area contributed by atoms with Crippen LogP contribution in [-0.2, 0) is 6.54 Å². The SMILES string of the molecule is Cc1cn(Cc2cscn2)c2ncc(C(=O)Nc3ccc(Cl)cc3)c(Cl)c12. The summed E-state index contributed by atoms with van der Waals surface area (Å²) in [6.45, 7) is 2.56. The molecule has 5 nitrogen and oxygen atoms in total. The highest BCUT2D eigenvalue weighted by Gasteiger charge is 2.18. The van der Waals surface area contributed by atoms with Gasteiger partial charge in [0, 0.05) is 33.9 Å². The summed E-state index contributed by atoms with van der Waals surface area (Å²) < 4.78 is 1.99. The Morgan fingerprint density at radius 3 is 2.70 bits per heavy atom. The van der Waals surface area contributed by atoms with Gasteiger partial charge in [-0.25, -0.2) is 9.97 Å². The molecule has 0 aliphatic heterocycles. The van der Waals surface area contributed by atoms with E-state index in [-0.39, 0.29) is 5.91 Å². The Labute approximate surface area is 169 Å². The predicted octanol–water partition coefficient (Wildman–Crippen LogP) is 5.41. The quantitative estimate of drug-likeness (QED) is 0.483. The lowest BCUT2D eigenvalue weighted by Gasteiger charge is -2.08. The smallest absolute Gasteiger partial charge is 0.258 e. The molecule has 3 aromatic heterocycles. The molecule has 1 N–H and O–H groups in total. The molecule has 0 atom stereocenters. The minimum Gasteiger partial charge on any atom is -0.326 e. The summed E-state index contributed by atoms with van der Waals surface area (Å²) in [7, 11) is 0. The number of aryl methyl sites for hydroxylation is 1. The van der Waals surface area contributed by atoms with E-state index in [0.717, 1.165) is 22.3 Å². The van der Waals surface area contributed by atoms with Crippen molar-refractivity contribution in [2.75, 3.05) is 5.32 Å². The maximum absolute atomic E-state index is 12.7. The standard InChI is InChI=1S/C19H14Cl2N4OS/c1-11-7-25(8-14-9-27-10-23-14)18-16(11)17(21)15(6-22-18)19(26)24-13-4-2-12(20)3-5-13/h2-7,9-10H,8H2,1H3,(H,24,26). The number of thiazole rings is 1. The number of hydrogen-bond donors (Lipinski definition) is 1. The Kier molecular flexibility index (Phi) is 4.86. The molecule has 0 bridgehead atoms. The molecule has 0 spiro atoms. The third-order valence-corrected chi connectivity index (χ3v) is 5.45. The topological polar surface area (TPSA) is 59.8 Å². The second-order valence-electron chi connectivity index (χ2n) is 6.07. The second kappa shape index (κ2) is 7.31. The number of anilines is 1. The van der Waals surface area contributed by atoms with E-state index in [1.165, 1.54) is 6.20 Å². The number of carbonyl (C=O) groups is 1. The number of fused-ring (bicyclic) bond motifs is 1. The summed E-state index contributed by atoms with van der Waals surface area (Å²) in [4.78, 5) is 21.5. The molecule has 1 amide bonds. The van der Waals surface area contributed by atoms with E-state index >= 15 is 0 Å². The zero-order valence-corrected chi connectivity index (χ0v) is 16.6. The van der Waals surface area contributed by atoms with Gasteiger partial charge in [0.25, 0.3) is 5.91 Å². The van der Waals surface area contributed by atoms with E-state index in [4.69, 9.17) is 23.2 Å². The molecule has 0 aliphatic carbocycles. The number of halogens is 2. The van der Waals surface area contributed by atoms with Crippen molar-refractivity contribution < 1.29 is 4.79 Å². The van der Waals surface area contributed by atoms with E-state index in [9.17, 15) is 4.79 Å². The summed E-state index contributed by atoms with van der Waals surface area (Å²) in [6, 6.07) is 6.89. The predicted molar refractivity (Wildman–Crippen MR) is 110 cm³/mol. The number of aromatic nitrogens is 3. The van der Waals surface area contributed by atoms with Crippen molar-refractivity contribution in [3.8, 4) is 0 Å². The summed E-state index contributed by atoms with van der Waals surface area (Å²) in [5.41, 5.74) is 5.41. The molecule has 0 unspecified atom stereocenters. The number of pyridine rings is 1. The Balaban J connectivity index is 1.68. The molecule has 4 aromatic rings. The van der Waals surface area contributed by atoms with Crippen LogP contribution in [0.1, 0.15) is 21.6 Å². The molecule has 136 valence electrons. The summed E-state index contributed by atoms with van der Waals surface area (Å²) >= 11 is 14.0. The number of amides is 1. The first-order valence-corrected chi connectivity index (χ1v) is 9.80. The highest BCUT2D eigenvalue weighted by atomic mass is 35.5. The van der Waals surface area contributed by atoms with Gasteiger partial charge in [-0.3, -0.25) is 4.79 Å². The summed E-state index contributed by atoms with van der Waals surface area (Å²) in [5.74, 6) is -0.316. The first kappa shape index (κ1) is 18.0. The maximum atomic E-state index is 12.7. The van der Waals surface area contributed by atoms with Crippen molar-refractivity contribution in [1.82, 2.24) is 14.5 Å². The molecule has 0 radical (unpaired) electrons. The van der Waals surface area contributed by atoms with Crippen molar-refractivity contribution in [2.24, 2.45) is 0 Å². The number of rotatable bonds is 4. The van der Waals surface area contributed by atoms with Crippen molar-refractivity contribution >= 4 is 57.2 Å². The first-order valence-electron chi connectivity index (χ1n) is 8.11. The minimum absolute atomic E-state index is 0.316. The number of benzene rings is 1. The van der Waals surface area contributed by atoms with Crippen LogP contribution in [-0.4, -0.2) is 20.4 Å². The molecule has 1 aromatic carbocycles. The Morgan fingerprint density at radius 2 is 2.00 bits per heavy atom. The molecular weight excluding hydrogens is 403 g/mol. The van der Waals surface area contributed by atoms with Crippen LogP contribution in [0.25, 0.3) is 11.0 Å². The Bertz CT molecular complexity index is 1120. The van der Waals surface area contributed by atoms with Gasteiger partial charge in [0.1, 0.15) is 5.65 Å².